The van der Waals surface area contributed by atoms with E-state index >= 15 is 0 Å². The Bertz CT molecular complexity index is 529. The fourth-order valence-corrected chi connectivity index (χ4v) is 1.79. The van der Waals surface area contributed by atoms with Gasteiger partial charge in [-0.2, -0.15) is 0 Å². The Hall–Kier alpha value is -2.36. The summed E-state index contributed by atoms with van der Waals surface area (Å²) in [7, 11) is 0. The molecular weight excluding hydrogens is 230 g/mol. The van der Waals surface area contributed by atoms with Gasteiger partial charge in [0.15, 0.2) is 0 Å². The average Bonchev–Trinajstić information content (AvgIpc) is 2.40. The zero-order valence-electron chi connectivity index (χ0n) is 9.72. The third kappa shape index (κ3) is 2.66. The van der Waals surface area contributed by atoms with Crippen molar-refractivity contribution in [2.45, 2.75) is 12.8 Å². The van der Waals surface area contributed by atoms with Gasteiger partial charge < -0.3 is 10.4 Å². The lowest BCUT2D eigenvalue weighted by Crippen LogP contribution is -2.25. The fourth-order valence-electron chi connectivity index (χ4n) is 1.79. The first-order chi connectivity index (χ1) is 8.68. The molecule has 4 heteroatoms. The molecule has 0 saturated heterocycles. The van der Waals surface area contributed by atoms with Crippen molar-refractivity contribution in [2.24, 2.45) is 0 Å². The SMILES string of the molecule is O=C(O)C1=C(NC(=O)c2ccccc2)C=CCC1. The number of amides is 1. The van der Waals surface area contributed by atoms with E-state index < -0.39 is 5.97 Å². The molecule has 0 unspecified atom stereocenters. The first-order valence-corrected chi connectivity index (χ1v) is 5.68. The molecule has 1 aromatic carbocycles. The highest BCUT2D eigenvalue weighted by atomic mass is 16.4. The maximum Gasteiger partial charge on any atom is 0.333 e. The Labute approximate surface area is 105 Å². The molecule has 1 amide bonds. The van der Waals surface area contributed by atoms with Crippen LogP contribution >= 0.6 is 0 Å². The van der Waals surface area contributed by atoms with Crippen LogP contribution in [0.25, 0.3) is 0 Å². The Morgan fingerprint density at radius 1 is 1.17 bits per heavy atom. The molecule has 92 valence electrons. The minimum atomic E-state index is -0.984. The van der Waals surface area contributed by atoms with Gasteiger partial charge in [0.2, 0.25) is 0 Å². The number of nitrogens with one attached hydrogen (secondary N) is 1. The molecule has 0 heterocycles. The molecule has 0 fully saturated rings. The normalized spacial score (nSPS) is 14.4. The van der Waals surface area contributed by atoms with E-state index in [4.69, 9.17) is 5.11 Å². The van der Waals surface area contributed by atoms with Crippen LogP contribution in [-0.2, 0) is 4.79 Å². The van der Waals surface area contributed by atoms with E-state index in [2.05, 4.69) is 5.32 Å². The van der Waals surface area contributed by atoms with Gasteiger partial charge in [0, 0.05) is 5.56 Å². The molecule has 0 aromatic heterocycles. The number of allylic oxidation sites excluding steroid dienone is 2. The number of rotatable bonds is 3. The van der Waals surface area contributed by atoms with Crippen LogP contribution in [0.15, 0.2) is 53.8 Å². The van der Waals surface area contributed by atoms with Crippen LogP contribution < -0.4 is 5.32 Å². The molecule has 18 heavy (non-hydrogen) atoms. The number of benzene rings is 1. The minimum absolute atomic E-state index is 0.252. The Morgan fingerprint density at radius 2 is 1.89 bits per heavy atom. The largest absolute Gasteiger partial charge is 0.478 e. The number of aliphatic carboxylic acids is 1. The van der Waals surface area contributed by atoms with Gasteiger partial charge in [-0.05, 0) is 31.1 Å². The molecule has 4 nitrogen and oxygen atoms in total. The number of carbonyl (C=O) groups is 2. The van der Waals surface area contributed by atoms with Gasteiger partial charge in [0.05, 0.1) is 11.3 Å². The lowest BCUT2D eigenvalue weighted by Gasteiger charge is -2.13. The van der Waals surface area contributed by atoms with E-state index in [-0.39, 0.29) is 11.5 Å². The number of carboxylic acids is 1. The highest BCUT2D eigenvalue weighted by Crippen LogP contribution is 2.17. The summed E-state index contributed by atoms with van der Waals surface area (Å²) in [4.78, 5) is 22.9. The van der Waals surface area contributed by atoms with E-state index in [1.54, 1.807) is 30.3 Å². The summed E-state index contributed by atoms with van der Waals surface area (Å²) in [5, 5.41) is 11.7. The monoisotopic (exact) mass is 243 g/mol. The number of carboxylic acid groups (broad SMARTS) is 1. The number of carbonyl (C=O) groups excluding carboxylic acids is 1. The minimum Gasteiger partial charge on any atom is -0.478 e. The molecule has 0 atom stereocenters. The predicted molar refractivity (Wildman–Crippen MR) is 66.9 cm³/mol. The fraction of sp³-hybridized carbons (Fsp3) is 0.143. The average molecular weight is 243 g/mol. The van der Waals surface area contributed by atoms with Crippen LogP contribution in [0.4, 0.5) is 0 Å². The zero-order chi connectivity index (χ0) is 13.0. The summed E-state index contributed by atoms with van der Waals surface area (Å²) in [6.07, 6.45) is 4.63. The molecule has 0 radical (unpaired) electrons. The highest BCUT2D eigenvalue weighted by Gasteiger charge is 2.17. The second kappa shape index (κ2) is 5.31. The van der Waals surface area contributed by atoms with Crippen molar-refractivity contribution in [3.05, 3.63) is 59.3 Å². The summed E-state index contributed by atoms with van der Waals surface area (Å²) in [6, 6.07) is 8.71. The zero-order valence-corrected chi connectivity index (χ0v) is 9.72. The van der Waals surface area contributed by atoms with Crippen molar-refractivity contribution >= 4 is 11.9 Å². The standard InChI is InChI=1S/C14H13NO3/c16-13(10-6-2-1-3-7-10)15-12-9-5-4-8-11(12)14(17)18/h1-3,5-7,9H,4,8H2,(H,15,16)(H,17,18). The van der Waals surface area contributed by atoms with E-state index in [1.807, 2.05) is 12.1 Å². The Kier molecular flexibility index (Phi) is 3.57. The quantitative estimate of drug-likeness (QED) is 0.854. The van der Waals surface area contributed by atoms with Gasteiger partial charge in [-0.1, -0.05) is 24.3 Å². The summed E-state index contributed by atoms with van der Waals surface area (Å²) in [6.45, 7) is 0. The third-order valence-corrected chi connectivity index (χ3v) is 2.71. The van der Waals surface area contributed by atoms with Crippen LogP contribution in [0.1, 0.15) is 23.2 Å². The highest BCUT2D eigenvalue weighted by molar-refractivity contribution is 5.97. The third-order valence-electron chi connectivity index (χ3n) is 2.71. The molecule has 1 aromatic rings. The van der Waals surface area contributed by atoms with Crippen LogP contribution in [0, 0.1) is 0 Å². The van der Waals surface area contributed by atoms with Gasteiger partial charge in [-0.15, -0.1) is 0 Å². The molecule has 0 saturated carbocycles. The maximum absolute atomic E-state index is 11.9. The summed E-state index contributed by atoms with van der Waals surface area (Å²) in [5.41, 5.74) is 1.14. The van der Waals surface area contributed by atoms with Crippen molar-refractivity contribution in [2.75, 3.05) is 0 Å². The van der Waals surface area contributed by atoms with E-state index in [1.165, 1.54) is 0 Å². The molecule has 2 rings (SSSR count). The molecule has 1 aliphatic rings. The number of hydrogen-bond donors (Lipinski definition) is 2. The van der Waals surface area contributed by atoms with Crippen molar-refractivity contribution in [3.8, 4) is 0 Å². The van der Waals surface area contributed by atoms with Gasteiger partial charge in [0.1, 0.15) is 0 Å². The van der Waals surface area contributed by atoms with Gasteiger partial charge in [-0.3, -0.25) is 4.79 Å². The summed E-state index contributed by atoms with van der Waals surface area (Å²) < 4.78 is 0. The Balaban J connectivity index is 2.20. The van der Waals surface area contributed by atoms with Crippen LogP contribution in [0.2, 0.25) is 0 Å². The molecule has 0 spiro atoms. The van der Waals surface area contributed by atoms with Crippen LogP contribution in [-0.4, -0.2) is 17.0 Å². The summed E-state index contributed by atoms with van der Waals surface area (Å²) >= 11 is 0. The molecular formula is C14H13NO3. The van der Waals surface area contributed by atoms with Crippen LogP contribution in [0.5, 0.6) is 0 Å². The predicted octanol–water partition coefficient (Wildman–Crippen LogP) is 2.11. The Morgan fingerprint density at radius 3 is 2.56 bits per heavy atom. The van der Waals surface area contributed by atoms with E-state index in [0.717, 1.165) is 0 Å². The van der Waals surface area contributed by atoms with Crippen molar-refractivity contribution in [3.63, 3.8) is 0 Å². The van der Waals surface area contributed by atoms with Gasteiger partial charge >= 0.3 is 5.97 Å². The van der Waals surface area contributed by atoms with Crippen molar-refractivity contribution in [1.82, 2.24) is 5.32 Å². The van der Waals surface area contributed by atoms with Crippen molar-refractivity contribution in [1.29, 1.82) is 0 Å². The van der Waals surface area contributed by atoms with E-state index in [0.29, 0.717) is 24.1 Å². The number of hydrogen-bond acceptors (Lipinski definition) is 2. The first-order valence-electron chi connectivity index (χ1n) is 5.68. The van der Waals surface area contributed by atoms with Gasteiger partial charge in [0.25, 0.3) is 5.91 Å². The maximum atomic E-state index is 11.9. The smallest absolute Gasteiger partial charge is 0.333 e. The molecule has 0 aliphatic heterocycles. The second-order valence-electron chi connectivity index (χ2n) is 3.96. The second-order valence-corrected chi connectivity index (χ2v) is 3.96. The van der Waals surface area contributed by atoms with Crippen LogP contribution in [0.3, 0.4) is 0 Å². The van der Waals surface area contributed by atoms with Gasteiger partial charge in [-0.25, -0.2) is 4.79 Å². The lowest BCUT2D eigenvalue weighted by atomic mass is 10.0. The topological polar surface area (TPSA) is 66.4 Å². The van der Waals surface area contributed by atoms with E-state index in [9.17, 15) is 9.59 Å². The molecule has 2 N–H and O–H groups in total. The molecule has 1 aliphatic carbocycles. The first kappa shape index (κ1) is 12.1. The summed E-state index contributed by atoms with van der Waals surface area (Å²) in [5.74, 6) is -1.28. The molecule has 0 bridgehead atoms. The van der Waals surface area contributed by atoms with Crippen molar-refractivity contribution < 1.29 is 14.7 Å². The lowest BCUT2D eigenvalue weighted by molar-refractivity contribution is -0.132.